The third kappa shape index (κ3) is 4.35. The van der Waals surface area contributed by atoms with Gasteiger partial charge in [-0.05, 0) is 30.7 Å². The maximum atomic E-state index is 8.56. The molecular weight excluding hydrogens is 314 g/mol. The molecule has 1 aliphatic heterocycles. The van der Waals surface area contributed by atoms with Crippen LogP contribution in [-0.2, 0) is 11.3 Å². The summed E-state index contributed by atoms with van der Waals surface area (Å²) in [6.45, 7) is 3.07. The number of aliphatic hydroxyl groups excluding tert-OH is 1. The Bertz CT molecular complexity index is 414. The van der Waals surface area contributed by atoms with E-state index in [0.717, 1.165) is 41.0 Å². The molecule has 1 aromatic rings. The van der Waals surface area contributed by atoms with Gasteiger partial charge in [0.1, 0.15) is 0 Å². The Morgan fingerprint density at radius 3 is 2.84 bits per heavy atom. The number of aliphatic hydroxyl groups is 1. The Hall–Kier alpha value is -0.820. The number of halogens is 1. The summed E-state index contributed by atoms with van der Waals surface area (Å²) < 4.78 is 16.9. The van der Waals surface area contributed by atoms with E-state index in [1.54, 1.807) is 0 Å². The number of rotatable bonds is 8. The molecular formula is C13H18BrNO4. The zero-order valence-corrected chi connectivity index (χ0v) is 12.2. The molecule has 106 valence electrons. The molecule has 0 bridgehead atoms. The van der Waals surface area contributed by atoms with E-state index >= 15 is 0 Å². The highest BCUT2D eigenvalue weighted by Gasteiger charge is 2.15. The monoisotopic (exact) mass is 331 g/mol. The van der Waals surface area contributed by atoms with Gasteiger partial charge in [-0.1, -0.05) is 15.9 Å². The van der Waals surface area contributed by atoms with Gasteiger partial charge in [-0.15, -0.1) is 0 Å². The van der Waals surface area contributed by atoms with Gasteiger partial charge in [0.25, 0.3) is 0 Å². The van der Waals surface area contributed by atoms with Gasteiger partial charge in [-0.25, -0.2) is 0 Å². The Morgan fingerprint density at radius 2 is 2.05 bits per heavy atom. The summed E-state index contributed by atoms with van der Waals surface area (Å²) in [4.78, 5) is 0. The van der Waals surface area contributed by atoms with Gasteiger partial charge < -0.3 is 24.6 Å². The summed E-state index contributed by atoms with van der Waals surface area (Å²) >= 11 is 3.53. The Balaban J connectivity index is 1.71. The van der Waals surface area contributed by atoms with Crippen LogP contribution in [0.5, 0.6) is 11.5 Å². The van der Waals surface area contributed by atoms with Crippen LogP contribution in [0.3, 0.4) is 0 Å². The zero-order valence-electron chi connectivity index (χ0n) is 10.7. The SMILES string of the molecule is OCCOCCCNCc1cc2c(cc1Br)OCO2. The van der Waals surface area contributed by atoms with Crippen molar-refractivity contribution in [1.82, 2.24) is 5.32 Å². The van der Waals surface area contributed by atoms with Crippen molar-refractivity contribution in [3.05, 3.63) is 22.2 Å². The maximum Gasteiger partial charge on any atom is 0.231 e. The zero-order chi connectivity index (χ0) is 13.5. The number of fused-ring (bicyclic) bond motifs is 1. The molecule has 2 N–H and O–H groups in total. The molecule has 19 heavy (non-hydrogen) atoms. The second-order valence-electron chi connectivity index (χ2n) is 4.16. The normalized spacial score (nSPS) is 12.9. The minimum absolute atomic E-state index is 0.0809. The molecule has 0 spiro atoms. The van der Waals surface area contributed by atoms with Crippen LogP contribution in [0.4, 0.5) is 0 Å². The van der Waals surface area contributed by atoms with Crippen LogP contribution >= 0.6 is 15.9 Å². The first-order valence-electron chi connectivity index (χ1n) is 6.28. The first-order valence-corrected chi connectivity index (χ1v) is 7.08. The Labute approximate surface area is 121 Å². The van der Waals surface area contributed by atoms with E-state index in [4.69, 9.17) is 19.3 Å². The van der Waals surface area contributed by atoms with Crippen molar-refractivity contribution in [2.75, 3.05) is 33.2 Å². The first kappa shape index (κ1) is 14.6. The standard InChI is InChI=1S/C13H18BrNO4/c14-11-7-13-12(18-9-19-13)6-10(11)8-15-2-1-4-17-5-3-16/h6-7,15-16H,1-5,8-9H2. The van der Waals surface area contributed by atoms with Crippen molar-refractivity contribution in [2.24, 2.45) is 0 Å². The lowest BCUT2D eigenvalue weighted by molar-refractivity contribution is 0.0907. The van der Waals surface area contributed by atoms with Gasteiger partial charge in [0.2, 0.25) is 6.79 Å². The van der Waals surface area contributed by atoms with Gasteiger partial charge >= 0.3 is 0 Å². The minimum Gasteiger partial charge on any atom is -0.454 e. The lowest BCUT2D eigenvalue weighted by Crippen LogP contribution is -2.17. The van der Waals surface area contributed by atoms with Gasteiger partial charge in [0.15, 0.2) is 11.5 Å². The first-order chi connectivity index (χ1) is 9.31. The average Bonchev–Trinajstić information content (AvgIpc) is 2.84. The van der Waals surface area contributed by atoms with Crippen LogP contribution in [0.25, 0.3) is 0 Å². The smallest absolute Gasteiger partial charge is 0.231 e. The van der Waals surface area contributed by atoms with E-state index in [1.165, 1.54) is 0 Å². The predicted molar refractivity (Wildman–Crippen MR) is 74.5 cm³/mol. The number of hydrogen-bond donors (Lipinski definition) is 2. The second kappa shape index (κ2) is 7.69. The molecule has 0 aromatic heterocycles. The van der Waals surface area contributed by atoms with E-state index in [9.17, 15) is 0 Å². The molecule has 1 aliphatic rings. The quantitative estimate of drug-likeness (QED) is 0.709. The largest absolute Gasteiger partial charge is 0.454 e. The number of benzene rings is 1. The summed E-state index contributed by atoms with van der Waals surface area (Å²) in [7, 11) is 0. The van der Waals surface area contributed by atoms with Crippen molar-refractivity contribution < 1.29 is 19.3 Å². The molecule has 5 nitrogen and oxygen atoms in total. The maximum absolute atomic E-state index is 8.56. The topological polar surface area (TPSA) is 60.0 Å². The summed E-state index contributed by atoms with van der Waals surface area (Å²) in [5, 5.41) is 11.9. The van der Waals surface area contributed by atoms with E-state index in [1.807, 2.05) is 12.1 Å². The van der Waals surface area contributed by atoms with Crippen molar-refractivity contribution in [1.29, 1.82) is 0 Å². The second-order valence-corrected chi connectivity index (χ2v) is 5.02. The van der Waals surface area contributed by atoms with Crippen LogP contribution in [0.2, 0.25) is 0 Å². The third-order valence-corrected chi connectivity index (χ3v) is 3.47. The predicted octanol–water partition coefficient (Wildman–Crippen LogP) is 1.67. The van der Waals surface area contributed by atoms with E-state index in [2.05, 4.69) is 21.2 Å². The third-order valence-electron chi connectivity index (χ3n) is 2.73. The molecule has 1 heterocycles. The fourth-order valence-corrected chi connectivity index (χ4v) is 2.25. The number of nitrogens with one attached hydrogen (secondary N) is 1. The minimum atomic E-state index is 0.0809. The highest BCUT2D eigenvalue weighted by atomic mass is 79.9. The summed E-state index contributed by atoms with van der Waals surface area (Å²) in [6.07, 6.45) is 0.919. The van der Waals surface area contributed by atoms with E-state index < -0.39 is 0 Å². The van der Waals surface area contributed by atoms with Crippen LogP contribution in [0.15, 0.2) is 16.6 Å². The summed E-state index contributed by atoms with van der Waals surface area (Å²) in [5.74, 6) is 1.58. The van der Waals surface area contributed by atoms with Crippen LogP contribution in [0.1, 0.15) is 12.0 Å². The van der Waals surface area contributed by atoms with Crippen LogP contribution < -0.4 is 14.8 Å². The molecule has 0 radical (unpaired) electrons. The fraction of sp³-hybridized carbons (Fsp3) is 0.538. The van der Waals surface area contributed by atoms with Crippen molar-refractivity contribution in [2.45, 2.75) is 13.0 Å². The highest BCUT2D eigenvalue weighted by molar-refractivity contribution is 9.10. The Kier molecular flexibility index (Phi) is 5.91. The molecule has 0 atom stereocenters. The molecule has 0 amide bonds. The van der Waals surface area contributed by atoms with Crippen LogP contribution in [-0.4, -0.2) is 38.3 Å². The van der Waals surface area contributed by atoms with Crippen molar-refractivity contribution in [3.8, 4) is 11.5 Å². The van der Waals surface area contributed by atoms with Crippen molar-refractivity contribution >= 4 is 15.9 Å². The molecule has 0 saturated heterocycles. The van der Waals surface area contributed by atoms with E-state index in [0.29, 0.717) is 20.0 Å². The highest BCUT2D eigenvalue weighted by Crippen LogP contribution is 2.36. The lowest BCUT2D eigenvalue weighted by Gasteiger charge is -2.08. The fourth-order valence-electron chi connectivity index (χ4n) is 1.78. The van der Waals surface area contributed by atoms with Crippen LogP contribution in [0, 0.1) is 0 Å². The molecule has 6 heteroatoms. The number of hydrogen-bond acceptors (Lipinski definition) is 5. The summed E-state index contributed by atoms with van der Waals surface area (Å²) in [5.41, 5.74) is 1.14. The van der Waals surface area contributed by atoms with Gasteiger partial charge in [-0.2, -0.15) is 0 Å². The molecule has 0 fully saturated rings. The Morgan fingerprint density at radius 1 is 1.26 bits per heavy atom. The molecule has 0 saturated carbocycles. The molecule has 2 rings (SSSR count). The number of ether oxygens (including phenoxy) is 3. The van der Waals surface area contributed by atoms with Crippen molar-refractivity contribution in [3.63, 3.8) is 0 Å². The lowest BCUT2D eigenvalue weighted by atomic mass is 10.2. The molecule has 0 unspecified atom stereocenters. The molecule has 1 aromatic carbocycles. The van der Waals surface area contributed by atoms with Gasteiger partial charge in [0.05, 0.1) is 13.2 Å². The van der Waals surface area contributed by atoms with E-state index in [-0.39, 0.29) is 6.61 Å². The van der Waals surface area contributed by atoms with Gasteiger partial charge in [0, 0.05) is 17.6 Å². The average molecular weight is 332 g/mol. The molecule has 0 aliphatic carbocycles. The summed E-state index contributed by atoms with van der Waals surface area (Å²) in [6, 6.07) is 3.92. The van der Waals surface area contributed by atoms with Gasteiger partial charge in [-0.3, -0.25) is 0 Å².